The van der Waals surface area contributed by atoms with Gasteiger partial charge in [0.2, 0.25) is 0 Å². The van der Waals surface area contributed by atoms with Crippen LogP contribution in [0.1, 0.15) is 10.4 Å². The second-order valence-electron chi connectivity index (χ2n) is 4.63. The predicted molar refractivity (Wildman–Crippen MR) is 82.2 cm³/mol. The first kappa shape index (κ1) is 13.2. The molecule has 0 fully saturated rings. The molecule has 1 heterocycles. The number of carbonyl (C=O) groups is 1. The van der Waals surface area contributed by atoms with Crippen LogP contribution >= 0.6 is 0 Å². The number of aromatic amines is 1. The van der Waals surface area contributed by atoms with Gasteiger partial charge in [-0.2, -0.15) is 0 Å². The highest BCUT2D eigenvalue weighted by molar-refractivity contribution is 5.99. The number of benzene rings is 2. The van der Waals surface area contributed by atoms with Crippen molar-refractivity contribution in [3.05, 3.63) is 48.2 Å². The molecule has 0 aliphatic rings. The van der Waals surface area contributed by atoms with E-state index in [0.717, 1.165) is 28.3 Å². The Balaban J connectivity index is 2.30. The lowest BCUT2D eigenvalue weighted by Crippen LogP contribution is -1.97. The topological polar surface area (TPSA) is 51.3 Å². The number of methoxy groups -OCH3 is 2. The fourth-order valence-corrected chi connectivity index (χ4v) is 2.60. The maximum absolute atomic E-state index is 11.4. The van der Waals surface area contributed by atoms with Crippen LogP contribution in [-0.4, -0.2) is 25.5 Å². The van der Waals surface area contributed by atoms with Crippen LogP contribution in [0.15, 0.2) is 42.6 Å². The molecule has 4 nitrogen and oxygen atoms in total. The Morgan fingerprint density at radius 1 is 1.00 bits per heavy atom. The van der Waals surface area contributed by atoms with Crippen LogP contribution in [-0.2, 0) is 0 Å². The summed E-state index contributed by atoms with van der Waals surface area (Å²) in [4.78, 5) is 14.6. The SMILES string of the molecule is COc1ccc(-c2c[nH]c3ccccc23)c(OC)c1C=O. The number of nitrogens with one attached hydrogen (secondary N) is 1. The van der Waals surface area contributed by atoms with Crippen LogP contribution in [0.2, 0.25) is 0 Å². The van der Waals surface area contributed by atoms with E-state index in [4.69, 9.17) is 9.47 Å². The molecule has 3 aromatic rings. The van der Waals surface area contributed by atoms with Gasteiger partial charge in [0.05, 0.1) is 19.8 Å². The number of ether oxygens (including phenoxy) is 2. The van der Waals surface area contributed by atoms with E-state index in [-0.39, 0.29) is 0 Å². The van der Waals surface area contributed by atoms with E-state index in [2.05, 4.69) is 4.98 Å². The number of carbonyl (C=O) groups excluding carboxylic acids is 1. The molecule has 0 unspecified atom stereocenters. The zero-order chi connectivity index (χ0) is 14.8. The summed E-state index contributed by atoms with van der Waals surface area (Å²) in [6.45, 7) is 0. The summed E-state index contributed by atoms with van der Waals surface area (Å²) in [6, 6.07) is 11.7. The largest absolute Gasteiger partial charge is 0.496 e. The molecular weight excluding hydrogens is 266 g/mol. The standard InChI is InChI=1S/C17H15NO3/c1-20-16-8-7-12(17(21-2)14(16)10-19)13-9-18-15-6-4-3-5-11(13)15/h3-10,18H,1-2H3. The van der Waals surface area contributed by atoms with Crippen molar-refractivity contribution < 1.29 is 14.3 Å². The van der Waals surface area contributed by atoms with Gasteiger partial charge in [0, 0.05) is 28.2 Å². The number of hydrogen-bond donors (Lipinski definition) is 1. The zero-order valence-corrected chi connectivity index (χ0v) is 11.8. The number of para-hydroxylation sites is 1. The smallest absolute Gasteiger partial charge is 0.157 e. The van der Waals surface area contributed by atoms with E-state index in [1.165, 1.54) is 7.11 Å². The Kier molecular flexibility index (Phi) is 3.36. The van der Waals surface area contributed by atoms with Crippen molar-refractivity contribution in [2.24, 2.45) is 0 Å². The third-order valence-corrected chi connectivity index (χ3v) is 3.58. The minimum absolute atomic E-state index is 0.419. The predicted octanol–water partition coefficient (Wildman–Crippen LogP) is 3.66. The van der Waals surface area contributed by atoms with Gasteiger partial charge in [-0.25, -0.2) is 0 Å². The molecule has 2 aromatic carbocycles. The Morgan fingerprint density at radius 3 is 2.52 bits per heavy atom. The summed E-state index contributed by atoms with van der Waals surface area (Å²) in [6.07, 6.45) is 2.68. The van der Waals surface area contributed by atoms with Gasteiger partial charge < -0.3 is 14.5 Å². The van der Waals surface area contributed by atoms with Gasteiger partial charge >= 0.3 is 0 Å². The first-order valence-electron chi connectivity index (χ1n) is 6.56. The lowest BCUT2D eigenvalue weighted by Gasteiger charge is -2.13. The van der Waals surface area contributed by atoms with Gasteiger partial charge in [-0.1, -0.05) is 18.2 Å². The van der Waals surface area contributed by atoms with Crippen molar-refractivity contribution in [2.45, 2.75) is 0 Å². The number of fused-ring (bicyclic) bond motifs is 1. The van der Waals surface area contributed by atoms with Crippen molar-refractivity contribution in [1.29, 1.82) is 0 Å². The van der Waals surface area contributed by atoms with Gasteiger partial charge in [-0.15, -0.1) is 0 Å². The molecule has 0 atom stereocenters. The maximum Gasteiger partial charge on any atom is 0.157 e. The summed E-state index contributed by atoms with van der Waals surface area (Å²) in [5, 5.41) is 1.08. The highest BCUT2D eigenvalue weighted by Gasteiger charge is 2.17. The molecule has 0 bridgehead atoms. The second kappa shape index (κ2) is 5.32. The molecule has 0 aliphatic carbocycles. The Bertz CT molecular complexity index is 805. The minimum Gasteiger partial charge on any atom is -0.496 e. The van der Waals surface area contributed by atoms with Crippen molar-refractivity contribution in [3.8, 4) is 22.6 Å². The normalized spacial score (nSPS) is 10.6. The quantitative estimate of drug-likeness (QED) is 0.742. The summed E-state index contributed by atoms with van der Waals surface area (Å²) in [7, 11) is 3.09. The van der Waals surface area contributed by atoms with Crippen LogP contribution in [0.5, 0.6) is 11.5 Å². The number of hydrogen-bond acceptors (Lipinski definition) is 3. The molecule has 3 rings (SSSR count). The number of H-pyrrole nitrogens is 1. The summed E-state index contributed by atoms with van der Waals surface area (Å²) >= 11 is 0. The second-order valence-corrected chi connectivity index (χ2v) is 4.63. The molecule has 0 radical (unpaired) electrons. The summed E-state index contributed by atoms with van der Waals surface area (Å²) < 4.78 is 10.7. The molecule has 0 spiro atoms. The Labute approximate surface area is 122 Å². The first-order valence-corrected chi connectivity index (χ1v) is 6.56. The van der Waals surface area contributed by atoms with Gasteiger partial charge in [-0.05, 0) is 18.2 Å². The molecule has 1 N–H and O–H groups in total. The Hall–Kier alpha value is -2.75. The maximum atomic E-state index is 11.4. The average molecular weight is 281 g/mol. The van der Waals surface area contributed by atoms with Crippen LogP contribution in [0.25, 0.3) is 22.0 Å². The molecule has 0 aliphatic heterocycles. The van der Waals surface area contributed by atoms with Gasteiger partial charge in [-0.3, -0.25) is 4.79 Å². The first-order chi connectivity index (χ1) is 10.3. The molecular formula is C17H15NO3. The van der Waals surface area contributed by atoms with E-state index in [9.17, 15) is 4.79 Å². The zero-order valence-electron chi connectivity index (χ0n) is 11.8. The molecule has 4 heteroatoms. The van der Waals surface area contributed by atoms with E-state index < -0.39 is 0 Å². The monoisotopic (exact) mass is 281 g/mol. The number of rotatable bonds is 4. The highest BCUT2D eigenvalue weighted by Crippen LogP contribution is 2.40. The Morgan fingerprint density at radius 2 is 1.81 bits per heavy atom. The molecule has 0 amide bonds. The summed E-state index contributed by atoms with van der Waals surface area (Å²) in [5.74, 6) is 1.03. The van der Waals surface area contributed by atoms with E-state index in [1.807, 2.05) is 36.5 Å². The van der Waals surface area contributed by atoms with E-state index >= 15 is 0 Å². The van der Waals surface area contributed by atoms with Crippen LogP contribution in [0.4, 0.5) is 0 Å². The molecule has 0 saturated carbocycles. The third-order valence-electron chi connectivity index (χ3n) is 3.58. The lowest BCUT2D eigenvalue weighted by molar-refractivity contribution is 0.111. The molecule has 1 aromatic heterocycles. The fraction of sp³-hybridized carbons (Fsp3) is 0.118. The number of aromatic nitrogens is 1. The summed E-state index contributed by atoms with van der Waals surface area (Å²) in [5.41, 5.74) is 3.31. The van der Waals surface area contributed by atoms with Crippen LogP contribution < -0.4 is 9.47 Å². The van der Waals surface area contributed by atoms with Crippen LogP contribution in [0, 0.1) is 0 Å². The molecule has 21 heavy (non-hydrogen) atoms. The van der Waals surface area contributed by atoms with Gasteiger partial charge in [0.25, 0.3) is 0 Å². The van der Waals surface area contributed by atoms with Crippen molar-refractivity contribution in [1.82, 2.24) is 4.98 Å². The van der Waals surface area contributed by atoms with E-state index in [1.54, 1.807) is 13.2 Å². The number of aldehydes is 1. The lowest BCUT2D eigenvalue weighted by atomic mass is 10.0. The van der Waals surface area contributed by atoms with Gasteiger partial charge in [0.15, 0.2) is 6.29 Å². The van der Waals surface area contributed by atoms with Crippen molar-refractivity contribution in [2.75, 3.05) is 14.2 Å². The fourth-order valence-electron chi connectivity index (χ4n) is 2.60. The highest BCUT2D eigenvalue weighted by atomic mass is 16.5. The van der Waals surface area contributed by atoms with Crippen molar-refractivity contribution >= 4 is 17.2 Å². The molecule has 0 saturated heterocycles. The average Bonchev–Trinajstić information content (AvgIpc) is 2.97. The van der Waals surface area contributed by atoms with E-state index in [0.29, 0.717) is 17.1 Å². The third kappa shape index (κ3) is 2.05. The van der Waals surface area contributed by atoms with Crippen molar-refractivity contribution in [3.63, 3.8) is 0 Å². The van der Waals surface area contributed by atoms with Gasteiger partial charge in [0.1, 0.15) is 11.5 Å². The minimum atomic E-state index is 0.419. The molecule has 106 valence electrons. The van der Waals surface area contributed by atoms with Crippen LogP contribution in [0.3, 0.4) is 0 Å².